The summed E-state index contributed by atoms with van der Waals surface area (Å²) in [5.41, 5.74) is 1.15. The Morgan fingerprint density at radius 3 is 2.57 bits per heavy atom. The zero-order valence-electron chi connectivity index (χ0n) is 12.6. The van der Waals surface area contributed by atoms with E-state index in [4.69, 9.17) is 4.74 Å². The van der Waals surface area contributed by atoms with Crippen molar-refractivity contribution in [2.75, 3.05) is 24.8 Å². The number of methoxy groups -OCH3 is 1. The lowest BCUT2D eigenvalue weighted by Gasteiger charge is -2.14. The van der Waals surface area contributed by atoms with Gasteiger partial charge in [-0.2, -0.15) is 0 Å². The highest BCUT2D eigenvalue weighted by molar-refractivity contribution is 5.66. The topological polar surface area (TPSA) is 59.1 Å². The van der Waals surface area contributed by atoms with Crippen LogP contribution in [0.5, 0.6) is 5.75 Å². The van der Waals surface area contributed by atoms with E-state index in [1.807, 2.05) is 13.8 Å². The highest BCUT2D eigenvalue weighted by Gasteiger charge is 2.12. The highest BCUT2D eigenvalue weighted by atomic mass is 19.1. The van der Waals surface area contributed by atoms with Crippen molar-refractivity contribution in [1.82, 2.24) is 9.97 Å². The number of benzene rings is 1. The molecule has 1 aromatic carbocycles. The van der Waals surface area contributed by atoms with Gasteiger partial charge >= 0.3 is 0 Å². The van der Waals surface area contributed by atoms with E-state index < -0.39 is 0 Å². The second kappa shape index (κ2) is 6.39. The maximum absolute atomic E-state index is 13.9. The van der Waals surface area contributed by atoms with Gasteiger partial charge in [0.25, 0.3) is 0 Å². The summed E-state index contributed by atoms with van der Waals surface area (Å²) >= 11 is 0. The molecular formula is C15H19FN4O. The van der Waals surface area contributed by atoms with E-state index in [1.165, 1.54) is 6.07 Å². The molecule has 21 heavy (non-hydrogen) atoms. The molecule has 0 aliphatic heterocycles. The largest absolute Gasteiger partial charge is 0.497 e. The summed E-state index contributed by atoms with van der Waals surface area (Å²) in [6.07, 6.45) is 0.699. The van der Waals surface area contributed by atoms with Gasteiger partial charge in [0.15, 0.2) is 0 Å². The second-order valence-corrected chi connectivity index (χ2v) is 4.54. The third kappa shape index (κ3) is 3.21. The quantitative estimate of drug-likeness (QED) is 0.885. The molecule has 2 aromatic rings. The first-order chi connectivity index (χ1) is 10.1. The Morgan fingerprint density at radius 2 is 1.95 bits per heavy atom. The van der Waals surface area contributed by atoms with Crippen LogP contribution in [-0.4, -0.2) is 24.1 Å². The first-order valence-corrected chi connectivity index (χ1v) is 6.74. The van der Waals surface area contributed by atoms with Crippen molar-refractivity contribution < 1.29 is 9.13 Å². The molecule has 0 spiro atoms. The summed E-state index contributed by atoms with van der Waals surface area (Å²) in [7, 11) is 3.34. The predicted octanol–water partition coefficient (Wildman–Crippen LogP) is 3.28. The van der Waals surface area contributed by atoms with Crippen LogP contribution in [0.1, 0.15) is 18.3 Å². The van der Waals surface area contributed by atoms with Crippen LogP contribution < -0.4 is 15.4 Å². The zero-order valence-corrected chi connectivity index (χ0v) is 12.6. The second-order valence-electron chi connectivity index (χ2n) is 4.54. The first kappa shape index (κ1) is 15.0. The van der Waals surface area contributed by atoms with Crippen LogP contribution in [0.4, 0.5) is 21.7 Å². The molecule has 0 bridgehead atoms. The molecule has 0 aliphatic carbocycles. The van der Waals surface area contributed by atoms with Crippen LogP contribution in [0.25, 0.3) is 0 Å². The van der Waals surface area contributed by atoms with Gasteiger partial charge in [-0.25, -0.2) is 14.4 Å². The Bertz CT molecular complexity index is 646. The average molecular weight is 290 g/mol. The van der Waals surface area contributed by atoms with Gasteiger partial charge in [0.1, 0.15) is 29.0 Å². The molecule has 0 amide bonds. The van der Waals surface area contributed by atoms with Crippen LogP contribution in [0.3, 0.4) is 0 Å². The smallest absolute Gasteiger partial charge is 0.146 e. The lowest BCUT2D eigenvalue weighted by molar-refractivity contribution is 0.414. The molecule has 0 saturated heterocycles. The van der Waals surface area contributed by atoms with Crippen molar-refractivity contribution in [3.05, 3.63) is 35.4 Å². The molecule has 112 valence electrons. The summed E-state index contributed by atoms with van der Waals surface area (Å²) in [6.45, 7) is 3.85. The standard InChI is InChI=1S/C15H19FN4O/c1-5-13-19-14(17-3)9(2)15(20-13)18-12-8-10(21-4)6-7-11(12)16/h6-8H,5H2,1-4H3,(H2,17,18,19,20). The van der Waals surface area contributed by atoms with Gasteiger partial charge in [0.05, 0.1) is 12.8 Å². The van der Waals surface area contributed by atoms with Crippen molar-refractivity contribution in [1.29, 1.82) is 0 Å². The van der Waals surface area contributed by atoms with E-state index in [2.05, 4.69) is 20.6 Å². The number of hydrogen-bond acceptors (Lipinski definition) is 5. The van der Waals surface area contributed by atoms with Crippen molar-refractivity contribution in [3.8, 4) is 5.75 Å². The van der Waals surface area contributed by atoms with E-state index in [0.717, 1.165) is 11.4 Å². The molecule has 2 N–H and O–H groups in total. The summed E-state index contributed by atoms with van der Waals surface area (Å²) < 4.78 is 19.0. The number of aryl methyl sites for hydroxylation is 1. The SMILES string of the molecule is CCc1nc(NC)c(C)c(Nc2cc(OC)ccc2F)n1. The number of halogens is 1. The Kier molecular flexibility index (Phi) is 4.57. The minimum Gasteiger partial charge on any atom is -0.497 e. The van der Waals surface area contributed by atoms with E-state index in [9.17, 15) is 4.39 Å². The summed E-state index contributed by atoms with van der Waals surface area (Å²) in [4.78, 5) is 8.81. The van der Waals surface area contributed by atoms with Gasteiger partial charge in [-0.3, -0.25) is 0 Å². The van der Waals surface area contributed by atoms with E-state index in [0.29, 0.717) is 29.5 Å². The van der Waals surface area contributed by atoms with Gasteiger partial charge in [-0.05, 0) is 19.1 Å². The number of ether oxygens (including phenoxy) is 1. The molecule has 6 heteroatoms. The molecule has 5 nitrogen and oxygen atoms in total. The lowest BCUT2D eigenvalue weighted by atomic mass is 10.2. The van der Waals surface area contributed by atoms with Gasteiger partial charge in [-0.15, -0.1) is 0 Å². The number of nitrogens with one attached hydrogen (secondary N) is 2. The Labute approximate surface area is 123 Å². The molecule has 0 saturated carbocycles. The highest BCUT2D eigenvalue weighted by Crippen LogP contribution is 2.27. The fraction of sp³-hybridized carbons (Fsp3) is 0.333. The third-order valence-electron chi connectivity index (χ3n) is 3.17. The molecule has 0 unspecified atom stereocenters. The molecule has 0 fully saturated rings. The first-order valence-electron chi connectivity index (χ1n) is 6.74. The minimum absolute atomic E-state index is 0.320. The van der Waals surface area contributed by atoms with Crippen molar-refractivity contribution in [2.45, 2.75) is 20.3 Å². The fourth-order valence-electron chi connectivity index (χ4n) is 1.94. The summed E-state index contributed by atoms with van der Waals surface area (Å²) in [6, 6.07) is 4.53. The van der Waals surface area contributed by atoms with Gasteiger partial charge in [-0.1, -0.05) is 6.92 Å². The average Bonchev–Trinajstić information content (AvgIpc) is 2.51. The van der Waals surface area contributed by atoms with Crippen molar-refractivity contribution >= 4 is 17.3 Å². The van der Waals surface area contributed by atoms with Crippen LogP contribution in [0.2, 0.25) is 0 Å². The molecular weight excluding hydrogens is 271 g/mol. The monoisotopic (exact) mass is 290 g/mol. The molecule has 1 heterocycles. The Morgan fingerprint density at radius 1 is 1.24 bits per heavy atom. The van der Waals surface area contributed by atoms with Gasteiger partial charge in [0.2, 0.25) is 0 Å². The van der Waals surface area contributed by atoms with Crippen LogP contribution in [0, 0.1) is 12.7 Å². The van der Waals surface area contributed by atoms with Crippen molar-refractivity contribution in [2.24, 2.45) is 0 Å². The fourth-order valence-corrected chi connectivity index (χ4v) is 1.94. The van der Waals surface area contributed by atoms with Crippen molar-refractivity contribution in [3.63, 3.8) is 0 Å². The predicted molar refractivity (Wildman–Crippen MR) is 81.9 cm³/mol. The van der Waals surface area contributed by atoms with Crippen LogP contribution in [0.15, 0.2) is 18.2 Å². The number of hydrogen-bond donors (Lipinski definition) is 2. The number of nitrogens with zero attached hydrogens (tertiary/aromatic N) is 2. The van der Waals surface area contributed by atoms with Gasteiger partial charge < -0.3 is 15.4 Å². The summed E-state index contributed by atoms with van der Waals surface area (Å²) in [5, 5.41) is 6.04. The maximum atomic E-state index is 13.9. The minimum atomic E-state index is -0.363. The van der Waals surface area contributed by atoms with E-state index >= 15 is 0 Å². The Balaban J connectivity index is 2.43. The molecule has 1 aromatic heterocycles. The van der Waals surface area contributed by atoms with Crippen LogP contribution in [-0.2, 0) is 6.42 Å². The molecule has 0 atom stereocenters. The van der Waals surface area contributed by atoms with E-state index in [1.54, 1.807) is 26.3 Å². The summed E-state index contributed by atoms with van der Waals surface area (Å²) in [5.74, 6) is 2.22. The lowest BCUT2D eigenvalue weighted by Crippen LogP contribution is -2.07. The molecule has 2 rings (SSSR count). The number of rotatable bonds is 5. The molecule has 0 aliphatic rings. The number of aromatic nitrogens is 2. The van der Waals surface area contributed by atoms with Crippen LogP contribution >= 0.6 is 0 Å². The zero-order chi connectivity index (χ0) is 15.4. The maximum Gasteiger partial charge on any atom is 0.146 e. The third-order valence-corrected chi connectivity index (χ3v) is 3.17. The Hall–Kier alpha value is -2.37. The normalized spacial score (nSPS) is 10.3. The van der Waals surface area contributed by atoms with E-state index in [-0.39, 0.29) is 5.82 Å². The van der Waals surface area contributed by atoms with Gasteiger partial charge in [0, 0.05) is 25.1 Å². The number of anilines is 3. The molecule has 0 radical (unpaired) electrons.